The Labute approximate surface area is 178 Å². The lowest BCUT2D eigenvalue weighted by Gasteiger charge is -2.33. The largest absolute Gasteiger partial charge is 0.395 e. The number of aliphatic hydroxyl groups is 1. The lowest BCUT2D eigenvalue weighted by Crippen LogP contribution is -2.44. The van der Waals surface area contributed by atoms with Gasteiger partial charge in [0.15, 0.2) is 0 Å². The quantitative estimate of drug-likeness (QED) is 0.733. The number of aromatic nitrogens is 1. The zero-order valence-corrected chi connectivity index (χ0v) is 17.8. The van der Waals surface area contributed by atoms with E-state index in [1.165, 1.54) is 6.07 Å². The predicted octanol–water partition coefficient (Wildman–Crippen LogP) is 2.83. The fourth-order valence-electron chi connectivity index (χ4n) is 5.12. The van der Waals surface area contributed by atoms with Crippen LogP contribution in [0, 0.1) is 11.7 Å². The van der Waals surface area contributed by atoms with E-state index in [1.54, 1.807) is 6.07 Å². The maximum absolute atomic E-state index is 14.5. The number of nitrogens with one attached hydrogen (secondary N) is 1. The molecule has 3 atom stereocenters. The molecule has 2 aliphatic rings. The number of piperidine rings is 1. The van der Waals surface area contributed by atoms with Gasteiger partial charge in [0.2, 0.25) is 0 Å². The molecule has 2 aliphatic heterocycles. The number of halogens is 1. The summed E-state index contributed by atoms with van der Waals surface area (Å²) >= 11 is 0. The summed E-state index contributed by atoms with van der Waals surface area (Å²) in [5.74, 6) is 0.136. The number of hydrogen-bond donors (Lipinski definition) is 2. The van der Waals surface area contributed by atoms with Crippen LogP contribution in [0.25, 0.3) is 0 Å². The van der Waals surface area contributed by atoms with Gasteiger partial charge in [-0.3, -0.25) is 14.8 Å². The highest BCUT2D eigenvalue weighted by Gasteiger charge is 2.40. The van der Waals surface area contributed by atoms with Crippen LogP contribution in [0.4, 0.5) is 4.39 Å². The summed E-state index contributed by atoms with van der Waals surface area (Å²) in [5, 5.41) is 13.5. The van der Waals surface area contributed by atoms with E-state index in [2.05, 4.69) is 26.2 Å². The first kappa shape index (κ1) is 21.4. The Kier molecular flexibility index (Phi) is 7.10. The van der Waals surface area contributed by atoms with Crippen LogP contribution in [-0.4, -0.2) is 65.3 Å². The number of pyridine rings is 1. The monoisotopic (exact) mass is 412 g/mol. The molecule has 0 aliphatic carbocycles. The van der Waals surface area contributed by atoms with Crippen LogP contribution >= 0.6 is 0 Å². The first-order valence-electron chi connectivity index (χ1n) is 11.1. The van der Waals surface area contributed by atoms with Crippen molar-refractivity contribution in [3.05, 3.63) is 65.7 Å². The molecule has 3 heterocycles. The molecule has 0 spiro atoms. The SMILES string of the molecule is CN1[C@@H](CO)C[C@@H](CNC2CCN(Cc3ccccn3)CC2)[C@H]1c1ccccc1F. The average molecular weight is 413 g/mol. The Balaban J connectivity index is 1.32. The third-order valence-electron chi connectivity index (χ3n) is 6.84. The minimum Gasteiger partial charge on any atom is -0.395 e. The third-order valence-corrected chi connectivity index (χ3v) is 6.84. The molecule has 2 aromatic rings. The first-order chi connectivity index (χ1) is 14.7. The van der Waals surface area contributed by atoms with Crippen molar-refractivity contribution in [3.8, 4) is 0 Å². The molecular formula is C24H33FN4O. The standard InChI is InChI=1S/C24H33FN4O/c1-28-21(17-30)14-18(24(28)22-7-2-3-8-23(22)25)15-27-19-9-12-29(13-10-19)16-20-6-4-5-11-26-20/h2-8,11,18-19,21,24,27,30H,9-10,12-17H2,1H3/t18-,21+,24-/m0/s1. The molecule has 2 N–H and O–H groups in total. The summed E-state index contributed by atoms with van der Waals surface area (Å²) < 4.78 is 14.5. The molecule has 5 nitrogen and oxygen atoms in total. The van der Waals surface area contributed by atoms with Crippen molar-refractivity contribution in [2.24, 2.45) is 5.92 Å². The Morgan fingerprint density at radius 3 is 2.60 bits per heavy atom. The molecule has 1 aromatic carbocycles. The van der Waals surface area contributed by atoms with E-state index in [1.807, 2.05) is 37.5 Å². The zero-order chi connectivity index (χ0) is 20.9. The lowest BCUT2D eigenvalue weighted by atomic mass is 9.92. The van der Waals surface area contributed by atoms with Gasteiger partial charge in [-0.2, -0.15) is 0 Å². The smallest absolute Gasteiger partial charge is 0.127 e. The van der Waals surface area contributed by atoms with Crippen LogP contribution in [0.2, 0.25) is 0 Å². The average Bonchev–Trinajstić information content (AvgIpc) is 3.09. The van der Waals surface area contributed by atoms with E-state index in [4.69, 9.17) is 0 Å². The highest BCUT2D eigenvalue weighted by atomic mass is 19.1. The fourth-order valence-corrected chi connectivity index (χ4v) is 5.12. The summed E-state index contributed by atoms with van der Waals surface area (Å²) in [6.07, 6.45) is 4.97. The zero-order valence-electron chi connectivity index (χ0n) is 17.8. The van der Waals surface area contributed by atoms with Crippen LogP contribution < -0.4 is 5.32 Å². The molecule has 6 heteroatoms. The second kappa shape index (κ2) is 9.96. The number of likely N-dealkylation sites (N-methyl/N-ethyl adjacent to an activating group) is 1. The van der Waals surface area contributed by atoms with Gasteiger partial charge in [-0.05, 0) is 50.4 Å². The molecule has 30 heavy (non-hydrogen) atoms. The molecule has 2 fully saturated rings. The Morgan fingerprint density at radius 1 is 1.13 bits per heavy atom. The molecular weight excluding hydrogens is 379 g/mol. The molecule has 162 valence electrons. The van der Waals surface area contributed by atoms with Crippen LogP contribution in [0.15, 0.2) is 48.7 Å². The first-order valence-corrected chi connectivity index (χ1v) is 11.1. The van der Waals surface area contributed by atoms with Crippen LogP contribution in [0.5, 0.6) is 0 Å². The van der Waals surface area contributed by atoms with Crippen molar-refractivity contribution < 1.29 is 9.50 Å². The summed E-state index contributed by atoms with van der Waals surface area (Å²) in [6, 6.07) is 13.7. The maximum Gasteiger partial charge on any atom is 0.127 e. The number of aliphatic hydroxyl groups excluding tert-OH is 1. The number of nitrogens with zero attached hydrogens (tertiary/aromatic N) is 3. The van der Waals surface area contributed by atoms with Crippen molar-refractivity contribution >= 4 is 0 Å². The van der Waals surface area contributed by atoms with Gasteiger partial charge in [-0.25, -0.2) is 4.39 Å². The number of benzene rings is 1. The minimum atomic E-state index is -0.152. The Morgan fingerprint density at radius 2 is 1.90 bits per heavy atom. The summed E-state index contributed by atoms with van der Waals surface area (Å²) in [4.78, 5) is 9.05. The second-order valence-corrected chi connectivity index (χ2v) is 8.74. The fraction of sp³-hybridized carbons (Fsp3) is 0.542. The minimum absolute atomic E-state index is 0.0000871. The number of likely N-dealkylation sites (tertiary alicyclic amines) is 2. The topological polar surface area (TPSA) is 51.6 Å². The van der Waals surface area contributed by atoms with Crippen molar-refractivity contribution in [1.29, 1.82) is 0 Å². The van der Waals surface area contributed by atoms with E-state index >= 15 is 0 Å². The van der Waals surface area contributed by atoms with Crippen LogP contribution in [-0.2, 0) is 6.54 Å². The van der Waals surface area contributed by atoms with E-state index in [9.17, 15) is 9.50 Å². The highest BCUT2D eigenvalue weighted by molar-refractivity contribution is 5.24. The van der Waals surface area contributed by atoms with Gasteiger partial charge in [0.05, 0.1) is 12.3 Å². The van der Waals surface area contributed by atoms with E-state index in [0.717, 1.165) is 56.7 Å². The Bertz CT molecular complexity index is 797. The van der Waals surface area contributed by atoms with Gasteiger partial charge in [0.1, 0.15) is 5.82 Å². The van der Waals surface area contributed by atoms with Gasteiger partial charge in [-0.1, -0.05) is 24.3 Å². The predicted molar refractivity (Wildman–Crippen MR) is 116 cm³/mol. The highest BCUT2D eigenvalue weighted by Crippen LogP contribution is 2.40. The van der Waals surface area contributed by atoms with Crippen molar-refractivity contribution in [1.82, 2.24) is 20.1 Å². The Hall–Kier alpha value is -1.86. The second-order valence-electron chi connectivity index (χ2n) is 8.74. The normalized spacial score (nSPS) is 26.3. The summed E-state index contributed by atoms with van der Waals surface area (Å²) in [5.41, 5.74) is 1.87. The molecule has 0 radical (unpaired) electrons. The maximum atomic E-state index is 14.5. The molecule has 0 saturated carbocycles. The van der Waals surface area contributed by atoms with Crippen molar-refractivity contribution in [2.75, 3.05) is 33.3 Å². The van der Waals surface area contributed by atoms with Gasteiger partial charge in [-0.15, -0.1) is 0 Å². The summed E-state index contributed by atoms with van der Waals surface area (Å²) in [6.45, 7) is 4.01. The van der Waals surface area contributed by atoms with Gasteiger partial charge in [0, 0.05) is 56.1 Å². The van der Waals surface area contributed by atoms with Crippen LogP contribution in [0.3, 0.4) is 0 Å². The van der Waals surface area contributed by atoms with Gasteiger partial charge < -0.3 is 10.4 Å². The van der Waals surface area contributed by atoms with E-state index < -0.39 is 0 Å². The molecule has 0 bridgehead atoms. The molecule has 2 saturated heterocycles. The summed E-state index contributed by atoms with van der Waals surface area (Å²) in [7, 11) is 2.01. The molecule has 1 aromatic heterocycles. The van der Waals surface area contributed by atoms with Gasteiger partial charge >= 0.3 is 0 Å². The van der Waals surface area contributed by atoms with Crippen molar-refractivity contribution in [3.63, 3.8) is 0 Å². The van der Waals surface area contributed by atoms with Gasteiger partial charge in [0.25, 0.3) is 0 Å². The van der Waals surface area contributed by atoms with E-state index in [0.29, 0.717) is 6.04 Å². The number of rotatable bonds is 7. The third kappa shape index (κ3) is 4.89. The lowest BCUT2D eigenvalue weighted by molar-refractivity contribution is 0.149. The molecule has 4 rings (SSSR count). The van der Waals surface area contributed by atoms with Crippen molar-refractivity contribution in [2.45, 2.75) is 43.9 Å². The molecule has 0 amide bonds. The number of hydrogen-bond acceptors (Lipinski definition) is 5. The molecule has 0 unspecified atom stereocenters. The van der Waals surface area contributed by atoms with E-state index in [-0.39, 0.29) is 30.4 Å². The van der Waals surface area contributed by atoms with Crippen LogP contribution in [0.1, 0.15) is 36.6 Å².